The van der Waals surface area contributed by atoms with E-state index in [-0.39, 0.29) is 12.5 Å². The Kier molecular flexibility index (Phi) is 6.28. The van der Waals surface area contributed by atoms with Crippen LogP contribution in [-0.2, 0) is 25.5 Å². The molecule has 2 amide bonds. The Morgan fingerprint density at radius 3 is 2.50 bits per heavy atom. The average Bonchev–Trinajstić information content (AvgIpc) is 2.52. The molecule has 0 aliphatic carbocycles. The van der Waals surface area contributed by atoms with E-state index >= 15 is 0 Å². The number of benzene rings is 1. The fourth-order valence-corrected chi connectivity index (χ4v) is 2.28. The van der Waals surface area contributed by atoms with Gasteiger partial charge in [0.1, 0.15) is 19.4 Å². The second kappa shape index (κ2) is 8.42. The normalized spacial score (nSPS) is 14.9. The number of amides is 2. The lowest BCUT2D eigenvalue weighted by molar-refractivity contribution is -0.153. The highest BCUT2D eigenvalue weighted by Crippen LogP contribution is 2.17. The summed E-state index contributed by atoms with van der Waals surface area (Å²) in [6, 6.07) is 7.06. The first-order valence-corrected chi connectivity index (χ1v) is 7.61. The van der Waals surface area contributed by atoms with E-state index in [2.05, 4.69) is 5.32 Å². The molecule has 1 aromatic rings. The van der Waals surface area contributed by atoms with Crippen molar-refractivity contribution in [2.24, 2.45) is 0 Å². The topological polar surface area (TPSA) is 116 Å². The van der Waals surface area contributed by atoms with Gasteiger partial charge in [0.05, 0.1) is 0 Å². The Balaban J connectivity index is 1.73. The highest BCUT2D eigenvalue weighted by molar-refractivity contribution is 5.91. The smallest absolute Gasteiger partial charge is 0.329 e. The summed E-state index contributed by atoms with van der Waals surface area (Å²) >= 11 is 0. The predicted octanol–water partition coefficient (Wildman–Crippen LogP) is 0.210. The lowest BCUT2D eigenvalue weighted by atomic mass is 10.1. The molecule has 0 radical (unpaired) electrons. The number of carboxylic acids is 1. The minimum absolute atomic E-state index is 0.0225. The van der Waals surface area contributed by atoms with Gasteiger partial charge in [-0.3, -0.25) is 9.59 Å². The van der Waals surface area contributed by atoms with Crippen LogP contribution in [0.15, 0.2) is 24.3 Å². The van der Waals surface area contributed by atoms with Crippen LogP contribution >= 0.6 is 0 Å². The molecule has 1 aliphatic heterocycles. The number of hydrogen-bond donors (Lipinski definition) is 3. The molecule has 2 rings (SSSR count). The average molecular weight is 336 g/mol. The van der Waals surface area contributed by atoms with Crippen LogP contribution in [0.4, 0.5) is 5.69 Å². The lowest BCUT2D eigenvalue weighted by Gasteiger charge is -2.35. The SMILES string of the molecule is O=C(O)COCC(=O)Nc1ccc(CCC(O)N2CCC2=O)cc1. The monoisotopic (exact) mass is 336 g/mol. The van der Waals surface area contributed by atoms with Crippen molar-refractivity contribution in [3.63, 3.8) is 0 Å². The summed E-state index contributed by atoms with van der Waals surface area (Å²) in [5.41, 5.74) is 1.54. The van der Waals surface area contributed by atoms with Gasteiger partial charge < -0.3 is 25.2 Å². The number of nitrogens with zero attached hydrogens (tertiary/aromatic N) is 1. The van der Waals surface area contributed by atoms with Gasteiger partial charge in [-0.15, -0.1) is 0 Å². The molecule has 1 aliphatic rings. The first kappa shape index (κ1) is 17.9. The number of ether oxygens (including phenoxy) is 1. The largest absolute Gasteiger partial charge is 0.480 e. The van der Waals surface area contributed by atoms with Crippen LogP contribution in [0.1, 0.15) is 18.4 Å². The molecule has 1 aromatic carbocycles. The first-order chi connectivity index (χ1) is 11.5. The number of β-lactam (4-membered cyclic amide) rings is 1. The van der Waals surface area contributed by atoms with E-state index < -0.39 is 24.7 Å². The van der Waals surface area contributed by atoms with Gasteiger partial charge in [-0.1, -0.05) is 12.1 Å². The number of carbonyl (C=O) groups excluding carboxylic acids is 2. The summed E-state index contributed by atoms with van der Waals surface area (Å²) in [7, 11) is 0. The zero-order valence-corrected chi connectivity index (χ0v) is 13.1. The van der Waals surface area contributed by atoms with Gasteiger partial charge in [-0.25, -0.2) is 4.79 Å². The zero-order valence-electron chi connectivity index (χ0n) is 13.1. The van der Waals surface area contributed by atoms with E-state index in [1.807, 2.05) is 12.1 Å². The molecule has 0 aromatic heterocycles. The van der Waals surface area contributed by atoms with Crippen LogP contribution in [0, 0.1) is 0 Å². The van der Waals surface area contributed by atoms with E-state index in [9.17, 15) is 19.5 Å². The van der Waals surface area contributed by atoms with Crippen LogP contribution in [0.25, 0.3) is 0 Å². The van der Waals surface area contributed by atoms with E-state index in [1.165, 1.54) is 4.90 Å². The van der Waals surface area contributed by atoms with Crippen LogP contribution in [0.5, 0.6) is 0 Å². The molecular weight excluding hydrogens is 316 g/mol. The molecule has 0 spiro atoms. The van der Waals surface area contributed by atoms with Crippen molar-refractivity contribution in [1.82, 2.24) is 4.90 Å². The van der Waals surface area contributed by atoms with Gasteiger partial charge in [0.25, 0.3) is 0 Å². The van der Waals surface area contributed by atoms with Crippen molar-refractivity contribution in [2.45, 2.75) is 25.5 Å². The number of aliphatic hydroxyl groups excluding tert-OH is 1. The van der Waals surface area contributed by atoms with Crippen LogP contribution < -0.4 is 5.32 Å². The molecule has 1 atom stereocenters. The van der Waals surface area contributed by atoms with Crippen molar-refractivity contribution in [3.05, 3.63) is 29.8 Å². The molecule has 1 fully saturated rings. The number of rotatable bonds is 9. The number of aryl methyl sites for hydroxylation is 1. The van der Waals surface area contributed by atoms with E-state index in [0.717, 1.165) is 5.56 Å². The predicted molar refractivity (Wildman–Crippen MR) is 84.2 cm³/mol. The van der Waals surface area contributed by atoms with E-state index in [0.29, 0.717) is 31.5 Å². The molecule has 130 valence electrons. The number of likely N-dealkylation sites (tertiary alicyclic amines) is 1. The molecule has 8 heteroatoms. The Hall–Kier alpha value is -2.45. The Bertz CT molecular complexity index is 601. The summed E-state index contributed by atoms with van der Waals surface area (Å²) in [4.78, 5) is 34.5. The van der Waals surface area contributed by atoms with Gasteiger partial charge >= 0.3 is 5.97 Å². The standard InChI is InChI=1S/C16H20N2O6/c19-13(9-24-10-16(22)23)17-12-4-1-11(2-5-12)3-6-14(20)18-8-7-15(18)21/h1-2,4-5,14,20H,3,6-10H2,(H,17,19)(H,22,23). The maximum absolute atomic E-state index is 11.5. The molecule has 1 heterocycles. The minimum Gasteiger partial charge on any atom is -0.480 e. The minimum atomic E-state index is -1.13. The van der Waals surface area contributed by atoms with Gasteiger partial charge in [0.2, 0.25) is 11.8 Å². The van der Waals surface area contributed by atoms with Crippen LogP contribution in [0.2, 0.25) is 0 Å². The highest BCUT2D eigenvalue weighted by atomic mass is 16.5. The number of aliphatic hydroxyl groups is 1. The maximum atomic E-state index is 11.5. The van der Waals surface area contributed by atoms with Gasteiger partial charge in [-0.2, -0.15) is 0 Å². The second-order valence-electron chi connectivity index (χ2n) is 5.49. The first-order valence-electron chi connectivity index (χ1n) is 7.61. The number of carboxylic acid groups (broad SMARTS) is 1. The number of hydrogen-bond acceptors (Lipinski definition) is 5. The highest BCUT2D eigenvalue weighted by Gasteiger charge is 2.29. The molecule has 1 saturated heterocycles. The quantitative estimate of drug-likeness (QED) is 0.555. The third-order valence-corrected chi connectivity index (χ3v) is 3.63. The molecule has 0 saturated carbocycles. The van der Waals surface area contributed by atoms with Crippen molar-refractivity contribution in [2.75, 3.05) is 25.1 Å². The molecule has 3 N–H and O–H groups in total. The number of carbonyl (C=O) groups is 3. The van der Waals surface area contributed by atoms with Crippen LogP contribution in [0.3, 0.4) is 0 Å². The van der Waals surface area contributed by atoms with Gasteiger partial charge in [0.15, 0.2) is 0 Å². The molecule has 24 heavy (non-hydrogen) atoms. The van der Waals surface area contributed by atoms with Gasteiger partial charge in [-0.05, 0) is 30.5 Å². The van der Waals surface area contributed by atoms with Crippen molar-refractivity contribution in [3.8, 4) is 0 Å². The third kappa shape index (κ3) is 5.32. The Morgan fingerprint density at radius 1 is 1.25 bits per heavy atom. The maximum Gasteiger partial charge on any atom is 0.329 e. The summed E-state index contributed by atoms with van der Waals surface area (Å²) in [6.45, 7) is -0.243. The third-order valence-electron chi connectivity index (χ3n) is 3.63. The summed E-state index contributed by atoms with van der Waals surface area (Å²) in [6.07, 6.45) is 0.820. The van der Waals surface area contributed by atoms with E-state index in [4.69, 9.17) is 9.84 Å². The Labute approximate surface area is 139 Å². The summed E-state index contributed by atoms with van der Waals surface area (Å²) in [5, 5.41) is 20.9. The van der Waals surface area contributed by atoms with E-state index in [1.54, 1.807) is 12.1 Å². The molecule has 8 nitrogen and oxygen atoms in total. The zero-order chi connectivity index (χ0) is 17.5. The van der Waals surface area contributed by atoms with Crippen molar-refractivity contribution < 1.29 is 29.3 Å². The summed E-state index contributed by atoms with van der Waals surface area (Å²) < 4.78 is 4.69. The number of anilines is 1. The number of nitrogens with one attached hydrogen (secondary N) is 1. The number of aliphatic carboxylic acids is 1. The van der Waals surface area contributed by atoms with Crippen molar-refractivity contribution >= 4 is 23.5 Å². The molecule has 1 unspecified atom stereocenters. The Morgan fingerprint density at radius 2 is 1.96 bits per heavy atom. The van der Waals surface area contributed by atoms with Crippen molar-refractivity contribution in [1.29, 1.82) is 0 Å². The fourth-order valence-electron chi connectivity index (χ4n) is 2.28. The fraction of sp³-hybridized carbons (Fsp3) is 0.438. The molecule has 0 bridgehead atoms. The lowest BCUT2D eigenvalue weighted by Crippen LogP contribution is -2.50. The second-order valence-corrected chi connectivity index (χ2v) is 5.49. The van der Waals surface area contributed by atoms with Crippen LogP contribution in [-0.4, -0.2) is 58.9 Å². The van der Waals surface area contributed by atoms with Gasteiger partial charge in [0, 0.05) is 18.7 Å². The molecular formula is C16H20N2O6. The summed E-state index contributed by atoms with van der Waals surface area (Å²) in [5.74, 6) is -1.59.